The fraction of sp³-hybridized carbons (Fsp3) is 0.375. The first-order valence-electron chi connectivity index (χ1n) is 10.7. The number of ether oxygens (including phenoxy) is 1. The van der Waals surface area contributed by atoms with E-state index in [2.05, 4.69) is 23.2 Å². The predicted octanol–water partition coefficient (Wildman–Crippen LogP) is 3.07. The first-order chi connectivity index (χ1) is 15.2. The van der Waals surface area contributed by atoms with Crippen LogP contribution >= 0.6 is 0 Å². The maximum absolute atomic E-state index is 13.3. The number of nitrogens with one attached hydrogen (secondary N) is 1. The van der Waals surface area contributed by atoms with Crippen molar-refractivity contribution in [2.24, 2.45) is 11.8 Å². The van der Waals surface area contributed by atoms with Crippen molar-refractivity contribution in [3.63, 3.8) is 0 Å². The molecule has 1 fully saturated rings. The van der Waals surface area contributed by atoms with Crippen molar-refractivity contribution in [3.8, 4) is 5.88 Å². The molecule has 1 aliphatic heterocycles. The Hall–Kier alpha value is -3.19. The van der Waals surface area contributed by atoms with Crippen LogP contribution in [0.25, 0.3) is 5.57 Å². The van der Waals surface area contributed by atoms with Crippen LogP contribution in [0.5, 0.6) is 5.88 Å². The average Bonchev–Trinajstić information content (AvgIpc) is 2.84. The Labute approximate surface area is 181 Å². The molecule has 2 aromatic rings. The Kier molecular flexibility index (Phi) is 6.62. The third-order valence-electron chi connectivity index (χ3n) is 6.16. The van der Waals surface area contributed by atoms with Gasteiger partial charge in [-0.25, -0.2) is 10.5 Å². The summed E-state index contributed by atoms with van der Waals surface area (Å²) in [6.07, 6.45) is 5.83. The summed E-state index contributed by atoms with van der Waals surface area (Å²) in [5, 5.41) is 9.25. The van der Waals surface area contributed by atoms with Crippen LogP contribution in [0.2, 0.25) is 0 Å². The van der Waals surface area contributed by atoms with Gasteiger partial charge in [0.25, 0.3) is 0 Å². The lowest BCUT2D eigenvalue weighted by Crippen LogP contribution is -2.48. The second-order valence-electron chi connectivity index (χ2n) is 8.04. The number of rotatable bonds is 5. The van der Waals surface area contributed by atoms with Gasteiger partial charge in [-0.2, -0.15) is 0 Å². The van der Waals surface area contributed by atoms with Gasteiger partial charge in [0.15, 0.2) is 0 Å². The quantitative estimate of drug-likeness (QED) is 0.572. The minimum Gasteiger partial charge on any atom is -0.474 e. The van der Waals surface area contributed by atoms with E-state index >= 15 is 0 Å². The maximum Gasteiger partial charge on any atom is 0.247 e. The Morgan fingerprint density at radius 1 is 1.06 bits per heavy atom. The van der Waals surface area contributed by atoms with Gasteiger partial charge in [0, 0.05) is 25.4 Å². The second-order valence-corrected chi connectivity index (χ2v) is 8.04. The van der Waals surface area contributed by atoms with Crippen molar-refractivity contribution in [2.45, 2.75) is 31.8 Å². The topological polar surface area (TPSA) is 91.8 Å². The molecule has 2 aliphatic rings. The van der Waals surface area contributed by atoms with Crippen LogP contribution in [0.1, 0.15) is 31.2 Å². The third kappa shape index (κ3) is 4.94. The molecule has 2 N–H and O–H groups in total. The van der Waals surface area contributed by atoms with E-state index in [9.17, 15) is 14.8 Å². The predicted molar refractivity (Wildman–Crippen MR) is 115 cm³/mol. The molecule has 1 saturated carbocycles. The lowest BCUT2D eigenvalue weighted by Gasteiger charge is -2.37. The van der Waals surface area contributed by atoms with E-state index in [1.165, 1.54) is 11.1 Å². The molecule has 162 valence electrons. The number of hydrogen-bond acceptors (Lipinski definition) is 5. The molecule has 0 spiro atoms. The van der Waals surface area contributed by atoms with Crippen LogP contribution in [0, 0.1) is 11.8 Å². The summed E-state index contributed by atoms with van der Waals surface area (Å²) in [7, 11) is 0. The zero-order valence-electron chi connectivity index (χ0n) is 17.3. The molecule has 0 bridgehead atoms. The standard InChI is InChI=1S/C24H27N3O4/c28-23(26-30)21-16-19(31-22-8-4-5-13-25-22)9-10-20(21)24(29)27-14-11-18(12-15-27)17-6-2-1-3-7-17/h1-8,11,13,19-21,30H,9-10,12,14-16H2,(H,26,28)/t19-,20+,21+/m1/s1. The number of nitrogens with zero attached hydrogens (tertiary/aromatic N) is 2. The molecular formula is C24H27N3O4. The van der Waals surface area contributed by atoms with Crippen molar-refractivity contribution in [3.05, 3.63) is 66.4 Å². The van der Waals surface area contributed by atoms with Gasteiger partial charge < -0.3 is 9.64 Å². The Morgan fingerprint density at radius 3 is 2.55 bits per heavy atom. The largest absolute Gasteiger partial charge is 0.474 e. The van der Waals surface area contributed by atoms with Crippen LogP contribution in [-0.2, 0) is 9.59 Å². The maximum atomic E-state index is 13.3. The number of carbonyl (C=O) groups is 2. The summed E-state index contributed by atoms with van der Waals surface area (Å²) < 4.78 is 5.91. The minimum absolute atomic E-state index is 0.0340. The molecule has 7 nitrogen and oxygen atoms in total. The number of hydroxylamine groups is 1. The molecule has 3 atom stereocenters. The van der Waals surface area contributed by atoms with E-state index < -0.39 is 17.7 Å². The number of benzene rings is 1. The molecule has 4 rings (SSSR count). The first-order valence-corrected chi connectivity index (χ1v) is 10.7. The van der Waals surface area contributed by atoms with Gasteiger partial charge in [-0.3, -0.25) is 14.8 Å². The smallest absolute Gasteiger partial charge is 0.247 e. The van der Waals surface area contributed by atoms with Gasteiger partial charge in [-0.05, 0) is 42.9 Å². The molecule has 0 saturated heterocycles. The van der Waals surface area contributed by atoms with Crippen LogP contribution < -0.4 is 10.2 Å². The van der Waals surface area contributed by atoms with Gasteiger partial charge >= 0.3 is 0 Å². The van der Waals surface area contributed by atoms with Crippen LogP contribution in [-0.4, -0.2) is 46.1 Å². The highest BCUT2D eigenvalue weighted by molar-refractivity contribution is 5.88. The lowest BCUT2D eigenvalue weighted by atomic mass is 9.76. The molecule has 1 aromatic carbocycles. The normalized spacial score (nSPS) is 23.6. The molecule has 0 unspecified atom stereocenters. The van der Waals surface area contributed by atoms with Gasteiger partial charge in [0.2, 0.25) is 17.7 Å². The Morgan fingerprint density at radius 2 is 1.87 bits per heavy atom. The fourth-order valence-electron chi connectivity index (χ4n) is 4.51. The SMILES string of the molecule is O=C(NO)[C@H]1C[C@H](Oc2ccccn2)CC[C@@H]1C(=O)N1CC=C(c2ccccc2)CC1. The Balaban J connectivity index is 1.42. The first kappa shape index (κ1) is 21.1. The summed E-state index contributed by atoms with van der Waals surface area (Å²) in [5.74, 6) is -1.18. The minimum atomic E-state index is -0.639. The third-order valence-corrected chi connectivity index (χ3v) is 6.16. The molecule has 7 heteroatoms. The van der Waals surface area contributed by atoms with Crippen LogP contribution in [0.4, 0.5) is 0 Å². The highest BCUT2D eigenvalue weighted by Crippen LogP contribution is 2.35. The molecule has 2 heterocycles. The van der Waals surface area contributed by atoms with E-state index in [1.807, 2.05) is 29.2 Å². The molecule has 1 aromatic heterocycles. The van der Waals surface area contributed by atoms with Gasteiger partial charge in [0.05, 0.1) is 11.8 Å². The molecular weight excluding hydrogens is 394 g/mol. The number of pyridine rings is 1. The van der Waals surface area contributed by atoms with E-state index in [-0.39, 0.29) is 12.0 Å². The van der Waals surface area contributed by atoms with Crippen molar-refractivity contribution < 1.29 is 19.5 Å². The van der Waals surface area contributed by atoms with Crippen molar-refractivity contribution >= 4 is 17.4 Å². The van der Waals surface area contributed by atoms with E-state index in [0.29, 0.717) is 38.2 Å². The molecule has 2 amide bonds. The van der Waals surface area contributed by atoms with Crippen LogP contribution in [0.3, 0.4) is 0 Å². The fourth-order valence-corrected chi connectivity index (χ4v) is 4.51. The zero-order valence-corrected chi connectivity index (χ0v) is 17.3. The van der Waals surface area contributed by atoms with Crippen molar-refractivity contribution in [1.82, 2.24) is 15.4 Å². The zero-order chi connectivity index (χ0) is 21.6. The number of amides is 2. The Bertz CT molecular complexity index is 932. The van der Waals surface area contributed by atoms with Gasteiger partial charge in [0.1, 0.15) is 6.10 Å². The van der Waals surface area contributed by atoms with Crippen molar-refractivity contribution in [2.75, 3.05) is 13.1 Å². The second kappa shape index (κ2) is 9.75. The highest BCUT2D eigenvalue weighted by Gasteiger charge is 2.42. The van der Waals surface area contributed by atoms with E-state index in [1.54, 1.807) is 23.8 Å². The number of carbonyl (C=O) groups excluding carboxylic acids is 2. The number of hydrogen-bond donors (Lipinski definition) is 2. The van der Waals surface area contributed by atoms with E-state index in [0.717, 1.165) is 6.42 Å². The monoisotopic (exact) mass is 421 g/mol. The summed E-state index contributed by atoms with van der Waals surface area (Å²) >= 11 is 0. The molecule has 0 radical (unpaired) electrons. The number of aromatic nitrogens is 1. The lowest BCUT2D eigenvalue weighted by molar-refractivity contribution is -0.148. The van der Waals surface area contributed by atoms with E-state index in [4.69, 9.17) is 4.74 Å². The summed E-state index contributed by atoms with van der Waals surface area (Å²) in [6, 6.07) is 15.6. The van der Waals surface area contributed by atoms with Gasteiger partial charge in [-0.1, -0.05) is 42.5 Å². The van der Waals surface area contributed by atoms with Gasteiger partial charge in [-0.15, -0.1) is 0 Å². The summed E-state index contributed by atoms with van der Waals surface area (Å²) in [5.41, 5.74) is 4.16. The summed E-state index contributed by atoms with van der Waals surface area (Å²) in [6.45, 7) is 1.15. The highest BCUT2D eigenvalue weighted by atomic mass is 16.5. The molecule has 31 heavy (non-hydrogen) atoms. The summed E-state index contributed by atoms with van der Waals surface area (Å²) in [4.78, 5) is 31.6. The van der Waals surface area contributed by atoms with Crippen molar-refractivity contribution in [1.29, 1.82) is 0 Å². The van der Waals surface area contributed by atoms with Crippen LogP contribution in [0.15, 0.2) is 60.8 Å². The molecule has 1 aliphatic carbocycles. The average molecular weight is 421 g/mol.